The number of nitrogens with one attached hydrogen (secondary N) is 1. The van der Waals surface area contributed by atoms with Crippen molar-refractivity contribution in [3.63, 3.8) is 0 Å². The van der Waals surface area contributed by atoms with Crippen LogP contribution < -0.4 is 20.9 Å². The molecule has 0 aliphatic carbocycles. The molecule has 2 aromatic carbocycles. The fourth-order valence-electron chi connectivity index (χ4n) is 3.15. The number of pyridine rings is 1. The number of aryl methyl sites for hydroxylation is 1. The van der Waals surface area contributed by atoms with E-state index in [9.17, 15) is 9.59 Å². The molecule has 0 spiro atoms. The first-order chi connectivity index (χ1) is 13.5. The molecule has 0 aliphatic heterocycles. The van der Waals surface area contributed by atoms with Crippen molar-refractivity contribution in [2.24, 2.45) is 5.73 Å². The zero-order valence-corrected chi connectivity index (χ0v) is 16.5. The summed E-state index contributed by atoms with van der Waals surface area (Å²) < 4.78 is 5.79. The number of aromatic nitrogens is 1. The van der Waals surface area contributed by atoms with E-state index in [2.05, 4.69) is 4.98 Å². The average molecular weight is 400 g/mol. The lowest BCUT2D eigenvalue weighted by Gasteiger charge is -2.23. The van der Waals surface area contributed by atoms with Crippen LogP contribution >= 0.6 is 11.6 Å². The minimum atomic E-state index is -0.524. The molecule has 0 unspecified atom stereocenters. The number of H-pyrrole nitrogens is 1. The Balaban J connectivity index is 2.27. The van der Waals surface area contributed by atoms with Crippen molar-refractivity contribution < 1.29 is 9.53 Å². The minimum Gasteiger partial charge on any atom is -0.490 e. The number of benzene rings is 2. The van der Waals surface area contributed by atoms with Crippen LogP contribution in [0.1, 0.15) is 22.8 Å². The lowest BCUT2D eigenvalue weighted by molar-refractivity contribution is 0.0983. The van der Waals surface area contributed by atoms with Gasteiger partial charge in [-0.3, -0.25) is 9.59 Å². The number of fused-ring (bicyclic) bond motifs is 1. The van der Waals surface area contributed by atoms with Crippen LogP contribution in [0, 0.1) is 6.92 Å². The number of carbonyl (C=O) groups is 1. The number of rotatable bonds is 6. The number of amides is 1. The third kappa shape index (κ3) is 3.61. The van der Waals surface area contributed by atoms with Gasteiger partial charge in [0, 0.05) is 18.8 Å². The molecule has 7 heteroatoms. The molecule has 0 aliphatic rings. The van der Waals surface area contributed by atoms with Crippen LogP contribution in [0.2, 0.25) is 5.02 Å². The molecule has 28 heavy (non-hydrogen) atoms. The summed E-state index contributed by atoms with van der Waals surface area (Å²) >= 11 is 6.41. The van der Waals surface area contributed by atoms with Gasteiger partial charge >= 0.3 is 0 Å². The number of ether oxygens (including phenoxy) is 1. The van der Waals surface area contributed by atoms with E-state index in [1.807, 2.05) is 44.2 Å². The first-order valence-corrected chi connectivity index (χ1v) is 9.42. The van der Waals surface area contributed by atoms with Crippen molar-refractivity contribution in [3.05, 3.63) is 69.0 Å². The van der Waals surface area contributed by atoms with Gasteiger partial charge in [0.15, 0.2) is 0 Å². The van der Waals surface area contributed by atoms with Gasteiger partial charge in [-0.25, -0.2) is 0 Å². The molecule has 1 amide bonds. The van der Waals surface area contributed by atoms with Crippen LogP contribution in [0.4, 0.5) is 5.69 Å². The van der Waals surface area contributed by atoms with Crippen LogP contribution in [0.15, 0.2) is 47.3 Å². The van der Waals surface area contributed by atoms with Gasteiger partial charge in [-0.2, -0.15) is 0 Å². The van der Waals surface area contributed by atoms with E-state index >= 15 is 0 Å². The predicted molar refractivity (Wildman–Crippen MR) is 113 cm³/mol. The highest BCUT2D eigenvalue weighted by Gasteiger charge is 2.27. The maximum Gasteiger partial charge on any atom is 0.267 e. The number of halogens is 1. The molecule has 0 bridgehead atoms. The number of nitrogens with two attached hydrogens (primary N) is 1. The predicted octanol–water partition coefficient (Wildman–Crippen LogP) is 3.49. The Morgan fingerprint density at radius 3 is 2.57 bits per heavy atom. The highest BCUT2D eigenvalue weighted by atomic mass is 35.5. The van der Waals surface area contributed by atoms with Gasteiger partial charge in [-0.15, -0.1) is 0 Å². The number of carbonyl (C=O) groups excluding carboxylic acids is 1. The Morgan fingerprint density at radius 2 is 1.93 bits per heavy atom. The topological polar surface area (TPSA) is 88.4 Å². The molecule has 1 heterocycles. The Hall–Kier alpha value is -2.83. The molecule has 3 aromatic rings. The van der Waals surface area contributed by atoms with Crippen LogP contribution in [-0.4, -0.2) is 30.6 Å². The molecule has 146 valence electrons. The molecular formula is C21H22ClN3O3. The number of hydrogen-bond acceptors (Lipinski definition) is 4. The SMILES string of the molecule is CCN(C(=O)c1c(OCCN)c2c(Cl)ccc(C)c2[nH]c1=O)c1ccccc1. The second-order valence-corrected chi connectivity index (χ2v) is 6.70. The van der Waals surface area contributed by atoms with Crippen molar-refractivity contribution in [2.45, 2.75) is 13.8 Å². The highest BCUT2D eigenvalue weighted by Crippen LogP contribution is 2.35. The van der Waals surface area contributed by atoms with Gasteiger partial charge in [-0.05, 0) is 37.6 Å². The second-order valence-electron chi connectivity index (χ2n) is 6.29. The fraction of sp³-hybridized carbons (Fsp3) is 0.238. The van der Waals surface area contributed by atoms with E-state index in [1.54, 1.807) is 12.1 Å². The summed E-state index contributed by atoms with van der Waals surface area (Å²) in [6, 6.07) is 12.7. The standard InChI is InChI=1S/C21H22ClN3O3/c1-3-25(14-7-5-4-6-8-14)21(27)17-19(28-12-11-23)16-15(22)10-9-13(2)18(16)24-20(17)26/h4-10H,3,11-12,23H2,1-2H3,(H,24,26). The zero-order chi connectivity index (χ0) is 20.3. The summed E-state index contributed by atoms with van der Waals surface area (Å²) in [6.45, 7) is 4.48. The Kier molecular flexibility index (Phi) is 6.02. The molecule has 6 nitrogen and oxygen atoms in total. The fourth-order valence-corrected chi connectivity index (χ4v) is 3.40. The third-order valence-electron chi connectivity index (χ3n) is 4.49. The highest BCUT2D eigenvalue weighted by molar-refractivity contribution is 6.36. The van der Waals surface area contributed by atoms with Crippen LogP contribution in [-0.2, 0) is 0 Å². The van der Waals surface area contributed by atoms with Gasteiger partial charge in [0.2, 0.25) is 0 Å². The Morgan fingerprint density at radius 1 is 1.21 bits per heavy atom. The molecule has 0 radical (unpaired) electrons. The lowest BCUT2D eigenvalue weighted by Crippen LogP contribution is -2.35. The largest absolute Gasteiger partial charge is 0.490 e. The number of anilines is 1. The van der Waals surface area contributed by atoms with E-state index < -0.39 is 11.5 Å². The summed E-state index contributed by atoms with van der Waals surface area (Å²) in [5.74, 6) is -0.293. The number of para-hydroxylation sites is 1. The zero-order valence-electron chi connectivity index (χ0n) is 15.8. The molecule has 0 atom stereocenters. The van der Waals surface area contributed by atoms with E-state index in [-0.39, 0.29) is 24.5 Å². The van der Waals surface area contributed by atoms with E-state index in [0.717, 1.165) is 5.56 Å². The number of hydrogen-bond donors (Lipinski definition) is 2. The van der Waals surface area contributed by atoms with E-state index in [0.29, 0.717) is 28.2 Å². The maximum atomic E-state index is 13.4. The van der Waals surface area contributed by atoms with Crippen molar-refractivity contribution in [1.29, 1.82) is 0 Å². The van der Waals surface area contributed by atoms with Crippen LogP contribution in [0.3, 0.4) is 0 Å². The molecule has 0 saturated carbocycles. The summed E-state index contributed by atoms with van der Waals surface area (Å²) in [7, 11) is 0. The van der Waals surface area contributed by atoms with Crippen molar-refractivity contribution in [1.82, 2.24) is 4.98 Å². The summed E-state index contributed by atoms with van der Waals surface area (Å²) in [6.07, 6.45) is 0. The quantitative estimate of drug-likeness (QED) is 0.664. The van der Waals surface area contributed by atoms with Gasteiger partial charge in [-0.1, -0.05) is 35.9 Å². The molecule has 1 aromatic heterocycles. The van der Waals surface area contributed by atoms with Crippen molar-refractivity contribution >= 4 is 34.1 Å². The van der Waals surface area contributed by atoms with Crippen molar-refractivity contribution in [3.8, 4) is 5.75 Å². The summed E-state index contributed by atoms with van der Waals surface area (Å²) in [4.78, 5) is 30.6. The van der Waals surface area contributed by atoms with Crippen LogP contribution in [0.5, 0.6) is 5.75 Å². The molecule has 0 fully saturated rings. The summed E-state index contributed by atoms with van der Waals surface area (Å²) in [5, 5.41) is 0.892. The van der Waals surface area contributed by atoms with Gasteiger partial charge in [0.1, 0.15) is 17.9 Å². The van der Waals surface area contributed by atoms with Gasteiger partial charge < -0.3 is 20.4 Å². The Bertz CT molecular complexity index is 1060. The smallest absolute Gasteiger partial charge is 0.267 e. The van der Waals surface area contributed by atoms with E-state index in [1.165, 1.54) is 4.90 Å². The van der Waals surface area contributed by atoms with Crippen molar-refractivity contribution in [2.75, 3.05) is 24.6 Å². The Labute approximate surface area is 167 Å². The monoisotopic (exact) mass is 399 g/mol. The molecule has 3 rings (SSSR count). The average Bonchev–Trinajstić information content (AvgIpc) is 2.70. The number of nitrogens with zero attached hydrogens (tertiary/aromatic N) is 1. The van der Waals surface area contributed by atoms with Gasteiger partial charge in [0.05, 0.1) is 15.9 Å². The summed E-state index contributed by atoms with van der Waals surface area (Å²) in [5.41, 5.74) is 7.04. The molecular weight excluding hydrogens is 378 g/mol. The molecule has 3 N–H and O–H groups in total. The normalized spacial score (nSPS) is 10.9. The molecule has 0 saturated heterocycles. The maximum absolute atomic E-state index is 13.4. The number of aromatic amines is 1. The first-order valence-electron chi connectivity index (χ1n) is 9.04. The minimum absolute atomic E-state index is 0.0841. The van der Waals surface area contributed by atoms with E-state index in [4.69, 9.17) is 22.1 Å². The second kappa shape index (κ2) is 8.46. The third-order valence-corrected chi connectivity index (χ3v) is 4.80. The first kappa shape index (κ1) is 19.9. The van der Waals surface area contributed by atoms with Gasteiger partial charge in [0.25, 0.3) is 11.5 Å². The van der Waals surface area contributed by atoms with Crippen LogP contribution in [0.25, 0.3) is 10.9 Å². The lowest BCUT2D eigenvalue weighted by atomic mass is 10.1.